The van der Waals surface area contributed by atoms with Crippen molar-refractivity contribution in [3.05, 3.63) is 45.5 Å². The first-order valence-electron chi connectivity index (χ1n) is 6.77. The highest BCUT2D eigenvalue weighted by atomic mass is 19.4. The summed E-state index contributed by atoms with van der Waals surface area (Å²) in [6.45, 7) is 5.40. The fourth-order valence-electron chi connectivity index (χ4n) is 2.02. The summed E-state index contributed by atoms with van der Waals surface area (Å²) in [5, 5.41) is 3.75. The van der Waals surface area contributed by atoms with Crippen molar-refractivity contribution in [1.29, 1.82) is 0 Å². The van der Waals surface area contributed by atoms with Crippen molar-refractivity contribution in [2.24, 2.45) is 5.92 Å². The van der Waals surface area contributed by atoms with Crippen molar-refractivity contribution in [3.63, 3.8) is 0 Å². The highest BCUT2D eigenvalue weighted by Crippen LogP contribution is 2.28. The summed E-state index contributed by atoms with van der Waals surface area (Å²) in [5.41, 5.74) is -1.52. The normalized spacial score (nSPS) is 12.1. The number of hydrogen-bond acceptors (Lipinski definition) is 4. The van der Waals surface area contributed by atoms with Crippen LogP contribution in [0.2, 0.25) is 0 Å². The number of aromatic nitrogens is 3. The molecule has 5 nitrogen and oxygen atoms in total. The Balaban J connectivity index is 2.27. The Morgan fingerprint density at radius 2 is 2.00 bits per heavy atom. The number of pyridine rings is 1. The van der Waals surface area contributed by atoms with Gasteiger partial charge in [0.05, 0.1) is 12.1 Å². The molecule has 0 aromatic carbocycles. The molecule has 0 aliphatic rings. The predicted molar refractivity (Wildman–Crippen MR) is 72.4 cm³/mol. The van der Waals surface area contributed by atoms with Crippen LogP contribution in [0.5, 0.6) is 0 Å². The number of nitrogens with zero attached hydrogens (tertiary/aromatic N) is 3. The highest BCUT2D eigenvalue weighted by Gasteiger charge is 2.31. The molecule has 0 unspecified atom stereocenters. The van der Waals surface area contributed by atoms with E-state index in [1.807, 2.05) is 13.8 Å². The van der Waals surface area contributed by atoms with Crippen molar-refractivity contribution in [3.8, 4) is 0 Å². The number of alkyl halides is 3. The maximum atomic E-state index is 12.6. The molecule has 2 rings (SSSR count). The zero-order valence-corrected chi connectivity index (χ0v) is 12.4. The van der Waals surface area contributed by atoms with Crippen molar-refractivity contribution in [2.75, 3.05) is 0 Å². The molecule has 0 N–H and O–H groups in total. The van der Waals surface area contributed by atoms with Crippen LogP contribution in [0.3, 0.4) is 0 Å². The Kier molecular flexibility index (Phi) is 4.39. The van der Waals surface area contributed by atoms with Crippen molar-refractivity contribution in [1.82, 2.24) is 14.7 Å². The summed E-state index contributed by atoms with van der Waals surface area (Å²) in [5.74, 6) is 1.05. The quantitative estimate of drug-likeness (QED) is 0.870. The standard InChI is InChI=1S/C14H16F3N3O2/c1-8(2)4-12-18-11(19-22-12)7-20-9(3)5-10(6-13(20)21)14(15,16)17/h5-6,8H,4,7H2,1-3H3. The second-order valence-electron chi connectivity index (χ2n) is 5.51. The van der Waals surface area contributed by atoms with Gasteiger partial charge in [-0.1, -0.05) is 19.0 Å². The average Bonchev–Trinajstić information content (AvgIpc) is 2.79. The van der Waals surface area contributed by atoms with Gasteiger partial charge in [-0.15, -0.1) is 0 Å². The lowest BCUT2D eigenvalue weighted by Gasteiger charge is -2.11. The molecule has 8 heteroatoms. The zero-order chi connectivity index (χ0) is 16.5. The third kappa shape index (κ3) is 3.75. The minimum absolute atomic E-state index is 0.0234. The Labute approximate surface area is 124 Å². The molecule has 120 valence electrons. The van der Waals surface area contributed by atoms with Crippen molar-refractivity contribution < 1.29 is 17.7 Å². The molecule has 2 aromatic rings. The van der Waals surface area contributed by atoms with E-state index in [9.17, 15) is 18.0 Å². The summed E-state index contributed by atoms with van der Waals surface area (Å²) >= 11 is 0. The fourth-order valence-corrected chi connectivity index (χ4v) is 2.02. The lowest BCUT2D eigenvalue weighted by atomic mass is 10.1. The van der Waals surface area contributed by atoms with Crippen molar-refractivity contribution in [2.45, 2.75) is 39.9 Å². The molecule has 0 atom stereocenters. The van der Waals surface area contributed by atoms with Gasteiger partial charge in [-0.2, -0.15) is 18.2 Å². The van der Waals surface area contributed by atoms with Crippen LogP contribution < -0.4 is 5.56 Å². The summed E-state index contributed by atoms with van der Waals surface area (Å²) in [6, 6.07) is 1.50. The van der Waals surface area contributed by atoms with Crippen molar-refractivity contribution >= 4 is 0 Å². The van der Waals surface area contributed by atoms with Crippen LogP contribution >= 0.6 is 0 Å². The van der Waals surface area contributed by atoms with Gasteiger partial charge in [0.1, 0.15) is 0 Å². The number of hydrogen-bond donors (Lipinski definition) is 0. The van der Waals surface area contributed by atoms with Gasteiger partial charge in [-0.3, -0.25) is 4.79 Å². The number of aryl methyl sites for hydroxylation is 1. The van der Waals surface area contributed by atoms with E-state index in [0.29, 0.717) is 24.3 Å². The second-order valence-corrected chi connectivity index (χ2v) is 5.51. The van der Waals surface area contributed by atoms with E-state index in [1.165, 1.54) is 11.5 Å². The highest BCUT2D eigenvalue weighted by molar-refractivity contribution is 5.20. The van der Waals surface area contributed by atoms with Gasteiger partial charge in [-0.25, -0.2) is 0 Å². The first-order chi connectivity index (χ1) is 10.2. The Morgan fingerprint density at radius 3 is 2.55 bits per heavy atom. The summed E-state index contributed by atoms with van der Waals surface area (Å²) in [4.78, 5) is 16.0. The van der Waals surface area contributed by atoms with Gasteiger partial charge < -0.3 is 9.09 Å². The number of rotatable bonds is 4. The molecular formula is C14H16F3N3O2. The summed E-state index contributed by atoms with van der Waals surface area (Å²) in [7, 11) is 0. The Morgan fingerprint density at radius 1 is 1.32 bits per heavy atom. The van der Waals surface area contributed by atoms with Gasteiger partial charge in [0, 0.05) is 18.2 Å². The van der Waals surface area contributed by atoms with Crippen LogP contribution in [0.15, 0.2) is 21.5 Å². The zero-order valence-electron chi connectivity index (χ0n) is 12.4. The SMILES string of the molecule is Cc1cc(C(F)(F)F)cc(=O)n1Cc1noc(CC(C)C)n1. The molecule has 0 fully saturated rings. The first kappa shape index (κ1) is 16.3. The van der Waals surface area contributed by atoms with Crippen LogP contribution in [0.25, 0.3) is 0 Å². The van der Waals surface area contributed by atoms with Gasteiger partial charge in [0.25, 0.3) is 5.56 Å². The largest absolute Gasteiger partial charge is 0.416 e. The Hall–Kier alpha value is -2.12. The van der Waals surface area contributed by atoms with Gasteiger partial charge in [-0.05, 0) is 18.9 Å². The smallest absolute Gasteiger partial charge is 0.339 e. The second kappa shape index (κ2) is 5.94. The van der Waals surface area contributed by atoms with Gasteiger partial charge in [0.2, 0.25) is 5.89 Å². The van der Waals surface area contributed by atoms with Crippen LogP contribution in [0.4, 0.5) is 13.2 Å². The Bertz CT molecular complexity index is 717. The molecule has 0 saturated heterocycles. The third-order valence-electron chi connectivity index (χ3n) is 3.06. The summed E-state index contributed by atoms with van der Waals surface area (Å²) in [6.07, 6.45) is -3.94. The van der Waals surface area contributed by atoms with E-state index >= 15 is 0 Å². The minimum Gasteiger partial charge on any atom is -0.339 e. The van der Waals surface area contributed by atoms with E-state index in [0.717, 1.165) is 6.07 Å². The molecule has 0 saturated carbocycles. The molecule has 0 amide bonds. The molecule has 22 heavy (non-hydrogen) atoms. The van der Waals surface area contributed by atoms with E-state index in [1.54, 1.807) is 0 Å². The van der Waals surface area contributed by atoms with Crippen LogP contribution in [-0.2, 0) is 19.1 Å². The topological polar surface area (TPSA) is 60.9 Å². The molecular weight excluding hydrogens is 299 g/mol. The average molecular weight is 315 g/mol. The molecule has 0 aliphatic heterocycles. The van der Waals surface area contributed by atoms with E-state index in [-0.39, 0.29) is 18.1 Å². The molecule has 0 radical (unpaired) electrons. The third-order valence-corrected chi connectivity index (χ3v) is 3.06. The van der Waals surface area contributed by atoms with E-state index in [2.05, 4.69) is 10.1 Å². The van der Waals surface area contributed by atoms with E-state index in [4.69, 9.17) is 4.52 Å². The lowest BCUT2D eigenvalue weighted by molar-refractivity contribution is -0.137. The van der Waals surface area contributed by atoms with Crippen LogP contribution in [0.1, 0.15) is 36.8 Å². The predicted octanol–water partition coefficient (Wildman–Crippen LogP) is 2.81. The maximum absolute atomic E-state index is 12.6. The minimum atomic E-state index is -4.54. The molecule has 0 bridgehead atoms. The van der Waals surface area contributed by atoms with Gasteiger partial charge >= 0.3 is 6.18 Å². The van der Waals surface area contributed by atoms with E-state index < -0.39 is 17.3 Å². The fraction of sp³-hybridized carbons (Fsp3) is 0.500. The molecule has 2 heterocycles. The monoisotopic (exact) mass is 315 g/mol. The van der Waals surface area contributed by atoms with Crippen LogP contribution in [-0.4, -0.2) is 14.7 Å². The first-order valence-corrected chi connectivity index (χ1v) is 6.77. The van der Waals surface area contributed by atoms with Crippen LogP contribution in [0, 0.1) is 12.8 Å². The molecule has 0 spiro atoms. The lowest BCUT2D eigenvalue weighted by Crippen LogP contribution is -2.25. The number of halogens is 3. The molecule has 2 aromatic heterocycles. The summed E-state index contributed by atoms with van der Waals surface area (Å²) < 4.78 is 44.2. The van der Waals surface area contributed by atoms with Gasteiger partial charge in [0.15, 0.2) is 5.82 Å². The molecule has 0 aliphatic carbocycles. The maximum Gasteiger partial charge on any atom is 0.416 e.